The molecule has 4 rings (SSSR count). The van der Waals surface area contributed by atoms with Crippen molar-refractivity contribution < 1.29 is 23.5 Å². The summed E-state index contributed by atoms with van der Waals surface area (Å²) in [5.41, 5.74) is 1.30. The van der Waals surface area contributed by atoms with Gasteiger partial charge < -0.3 is 24.5 Å². The molecule has 0 spiro atoms. The average molecular weight is 500 g/mol. The SMILES string of the molecule is CC(C)(C)OC(=O)Nc1nc(C(=O)Nc2cc(-c3ccc(OC4CCNC4)nc3)ccc2Cl)co1. The molecule has 184 valence electrons. The fraction of sp³-hybridized carbons (Fsp3) is 0.333. The Labute approximate surface area is 207 Å². The van der Waals surface area contributed by atoms with Gasteiger partial charge in [0.2, 0.25) is 5.88 Å². The van der Waals surface area contributed by atoms with Gasteiger partial charge in [0, 0.05) is 24.4 Å². The molecule has 0 radical (unpaired) electrons. The molecule has 10 nitrogen and oxygen atoms in total. The van der Waals surface area contributed by atoms with Crippen molar-refractivity contribution in [2.75, 3.05) is 23.7 Å². The molecule has 1 saturated heterocycles. The maximum Gasteiger partial charge on any atom is 0.415 e. The van der Waals surface area contributed by atoms with Crippen LogP contribution in [-0.4, -0.2) is 46.8 Å². The van der Waals surface area contributed by atoms with Crippen LogP contribution in [0.2, 0.25) is 5.02 Å². The Hall–Kier alpha value is -3.63. The predicted molar refractivity (Wildman–Crippen MR) is 131 cm³/mol. The van der Waals surface area contributed by atoms with Crippen LogP contribution in [-0.2, 0) is 4.74 Å². The van der Waals surface area contributed by atoms with E-state index in [1.807, 2.05) is 18.2 Å². The highest BCUT2D eigenvalue weighted by Crippen LogP contribution is 2.30. The van der Waals surface area contributed by atoms with E-state index in [9.17, 15) is 9.59 Å². The standard InChI is InChI=1S/C24H26ClN5O5/c1-24(2,3)35-23(32)30-22-29-19(13-33-22)21(31)28-18-10-14(4-6-17(18)25)15-5-7-20(27-11-15)34-16-8-9-26-12-16/h4-7,10-11,13,16,26H,8-9,12H2,1-3H3,(H,28,31)(H,29,30,32). The molecule has 3 N–H and O–H groups in total. The van der Waals surface area contributed by atoms with Gasteiger partial charge in [-0.3, -0.25) is 4.79 Å². The molecule has 1 aromatic carbocycles. The average Bonchev–Trinajstić information content (AvgIpc) is 3.47. The molecule has 35 heavy (non-hydrogen) atoms. The largest absolute Gasteiger partial charge is 0.473 e. The lowest BCUT2D eigenvalue weighted by molar-refractivity contribution is 0.0631. The first-order valence-electron chi connectivity index (χ1n) is 11.1. The van der Waals surface area contributed by atoms with Crippen LogP contribution in [0.25, 0.3) is 11.1 Å². The third-order valence-corrected chi connectivity index (χ3v) is 5.26. The minimum atomic E-state index is -0.744. The van der Waals surface area contributed by atoms with Gasteiger partial charge in [-0.25, -0.2) is 15.1 Å². The van der Waals surface area contributed by atoms with E-state index in [0.29, 0.717) is 16.6 Å². The Balaban J connectivity index is 1.41. The van der Waals surface area contributed by atoms with E-state index in [1.54, 1.807) is 39.1 Å². The summed E-state index contributed by atoms with van der Waals surface area (Å²) in [6.45, 7) is 6.94. The van der Waals surface area contributed by atoms with E-state index in [2.05, 4.69) is 25.9 Å². The van der Waals surface area contributed by atoms with Crippen molar-refractivity contribution in [1.29, 1.82) is 0 Å². The van der Waals surface area contributed by atoms with E-state index in [-0.39, 0.29) is 17.8 Å². The first-order chi connectivity index (χ1) is 16.7. The van der Waals surface area contributed by atoms with Crippen LogP contribution < -0.4 is 20.7 Å². The summed E-state index contributed by atoms with van der Waals surface area (Å²) in [5.74, 6) is 0.00357. The zero-order valence-electron chi connectivity index (χ0n) is 19.6. The Bertz CT molecular complexity index is 1200. The van der Waals surface area contributed by atoms with Gasteiger partial charge in [0.25, 0.3) is 5.91 Å². The van der Waals surface area contributed by atoms with Crippen LogP contribution in [0.15, 0.2) is 47.2 Å². The quantitative estimate of drug-likeness (QED) is 0.444. The summed E-state index contributed by atoms with van der Waals surface area (Å²) >= 11 is 6.30. The lowest BCUT2D eigenvalue weighted by atomic mass is 10.1. The number of hydrogen-bond donors (Lipinski definition) is 3. The molecule has 3 heterocycles. The summed E-state index contributed by atoms with van der Waals surface area (Å²) in [4.78, 5) is 32.9. The van der Waals surface area contributed by atoms with Crippen LogP contribution in [0.5, 0.6) is 5.88 Å². The second-order valence-electron chi connectivity index (χ2n) is 8.93. The number of halogens is 1. The number of rotatable bonds is 6. The van der Waals surface area contributed by atoms with Crippen molar-refractivity contribution in [3.8, 4) is 17.0 Å². The Morgan fingerprint density at radius 2 is 1.97 bits per heavy atom. The van der Waals surface area contributed by atoms with E-state index in [4.69, 9.17) is 25.5 Å². The Kier molecular flexibility index (Phi) is 7.23. The number of hydrogen-bond acceptors (Lipinski definition) is 8. The Morgan fingerprint density at radius 1 is 1.17 bits per heavy atom. The van der Waals surface area contributed by atoms with Crippen molar-refractivity contribution in [1.82, 2.24) is 15.3 Å². The number of oxazole rings is 1. The number of nitrogens with zero attached hydrogens (tertiary/aromatic N) is 2. The molecule has 2 amide bonds. The molecule has 11 heteroatoms. The van der Waals surface area contributed by atoms with Crippen molar-refractivity contribution in [2.45, 2.75) is 38.9 Å². The Morgan fingerprint density at radius 3 is 2.66 bits per heavy atom. The maximum absolute atomic E-state index is 12.7. The van der Waals surface area contributed by atoms with Gasteiger partial charge >= 0.3 is 12.1 Å². The molecular formula is C24H26ClN5O5. The summed E-state index contributed by atoms with van der Waals surface area (Å²) in [6.07, 6.45) is 3.17. The second kappa shape index (κ2) is 10.3. The summed E-state index contributed by atoms with van der Waals surface area (Å²) in [5, 5.41) is 8.65. The van der Waals surface area contributed by atoms with E-state index in [1.165, 1.54) is 0 Å². The highest BCUT2D eigenvalue weighted by atomic mass is 35.5. The van der Waals surface area contributed by atoms with Crippen LogP contribution in [0.4, 0.5) is 16.5 Å². The van der Waals surface area contributed by atoms with Gasteiger partial charge in [-0.15, -0.1) is 0 Å². The zero-order valence-corrected chi connectivity index (χ0v) is 20.3. The minimum Gasteiger partial charge on any atom is -0.473 e. The third-order valence-electron chi connectivity index (χ3n) is 4.93. The zero-order chi connectivity index (χ0) is 25.0. The highest BCUT2D eigenvalue weighted by Gasteiger charge is 2.20. The van der Waals surface area contributed by atoms with Crippen molar-refractivity contribution in [2.24, 2.45) is 0 Å². The predicted octanol–water partition coefficient (Wildman–Crippen LogP) is 4.73. The number of amides is 2. The van der Waals surface area contributed by atoms with Crippen LogP contribution >= 0.6 is 11.6 Å². The number of anilines is 2. The number of pyridine rings is 1. The van der Waals surface area contributed by atoms with Gasteiger partial charge in [-0.05, 0) is 57.5 Å². The molecule has 0 bridgehead atoms. The summed E-state index contributed by atoms with van der Waals surface area (Å²) in [6, 6.07) is 8.79. The molecule has 2 aromatic heterocycles. The van der Waals surface area contributed by atoms with Crippen LogP contribution in [0, 0.1) is 0 Å². The smallest absolute Gasteiger partial charge is 0.415 e. The fourth-order valence-corrected chi connectivity index (χ4v) is 3.50. The molecule has 3 aromatic rings. The second-order valence-corrected chi connectivity index (χ2v) is 9.34. The van der Waals surface area contributed by atoms with Gasteiger partial charge in [0.05, 0.1) is 10.7 Å². The van der Waals surface area contributed by atoms with Crippen molar-refractivity contribution >= 4 is 35.3 Å². The number of benzene rings is 1. The lowest BCUT2D eigenvalue weighted by Gasteiger charge is -2.18. The molecule has 0 saturated carbocycles. The first kappa shape index (κ1) is 24.5. The number of aromatic nitrogens is 2. The van der Waals surface area contributed by atoms with Crippen molar-refractivity contribution in [3.63, 3.8) is 0 Å². The lowest BCUT2D eigenvalue weighted by Crippen LogP contribution is -2.27. The van der Waals surface area contributed by atoms with E-state index >= 15 is 0 Å². The number of ether oxygens (including phenoxy) is 2. The molecule has 1 unspecified atom stereocenters. The topological polar surface area (TPSA) is 128 Å². The maximum atomic E-state index is 12.7. The highest BCUT2D eigenvalue weighted by molar-refractivity contribution is 6.34. The molecule has 1 aliphatic heterocycles. The molecular weight excluding hydrogens is 474 g/mol. The number of nitrogens with one attached hydrogen (secondary N) is 3. The number of carbonyl (C=O) groups excluding carboxylic acids is 2. The minimum absolute atomic E-state index is 0.0397. The third kappa shape index (κ3) is 6.71. The van der Waals surface area contributed by atoms with E-state index in [0.717, 1.165) is 36.9 Å². The van der Waals surface area contributed by atoms with Crippen LogP contribution in [0.3, 0.4) is 0 Å². The monoisotopic (exact) mass is 499 g/mol. The first-order valence-corrected chi connectivity index (χ1v) is 11.4. The van der Waals surface area contributed by atoms with Gasteiger partial charge in [-0.1, -0.05) is 17.7 Å². The van der Waals surface area contributed by atoms with Gasteiger partial charge in [-0.2, -0.15) is 4.98 Å². The van der Waals surface area contributed by atoms with Gasteiger partial charge in [0.15, 0.2) is 5.69 Å². The van der Waals surface area contributed by atoms with Crippen molar-refractivity contribution in [3.05, 3.63) is 53.5 Å². The molecule has 0 aliphatic carbocycles. The van der Waals surface area contributed by atoms with Crippen LogP contribution in [0.1, 0.15) is 37.7 Å². The molecule has 1 aliphatic rings. The molecule has 1 fully saturated rings. The fourth-order valence-electron chi connectivity index (χ4n) is 3.33. The van der Waals surface area contributed by atoms with Gasteiger partial charge in [0.1, 0.15) is 18.0 Å². The van der Waals surface area contributed by atoms with E-state index < -0.39 is 17.6 Å². The normalized spacial score (nSPS) is 15.5. The summed E-state index contributed by atoms with van der Waals surface area (Å²) < 4.78 is 16.1. The number of carbonyl (C=O) groups is 2. The summed E-state index contributed by atoms with van der Waals surface area (Å²) in [7, 11) is 0. The molecule has 1 atom stereocenters.